The van der Waals surface area contributed by atoms with Crippen molar-refractivity contribution in [3.05, 3.63) is 11.5 Å². The van der Waals surface area contributed by atoms with Crippen LogP contribution in [0.3, 0.4) is 0 Å². The average molecular weight is 239 g/mol. The Morgan fingerprint density at radius 3 is 2.76 bits per heavy atom. The first-order chi connectivity index (χ1) is 8.11. The van der Waals surface area contributed by atoms with E-state index in [1.807, 2.05) is 6.92 Å². The van der Waals surface area contributed by atoms with Gasteiger partial charge in [-0.3, -0.25) is 5.32 Å². The Morgan fingerprint density at radius 1 is 1.59 bits per heavy atom. The Balaban J connectivity index is 1.99. The maximum atomic E-state index is 11.9. The molecule has 0 aromatic carbocycles. The van der Waals surface area contributed by atoms with Crippen molar-refractivity contribution in [3.8, 4) is 0 Å². The minimum absolute atomic E-state index is 0.0342. The number of carbonyl (C=O) groups excluding carboxylic acids is 1. The molecule has 1 heterocycles. The molecule has 17 heavy (non-hydrogen) atoms. The van der Waals surface area contributed by atoms with Crippen molar-refractivity contribution in [2.24, 2.45) is 0 Å². The summed E-state index contributed by atoms with van der Waals surface area (Å²) < 4.78 is 5.28. The molecule has 6 heteroatoms. The molecule has 0 spiro atoms. The SMILES string of the molecule is Cc1nc(NC(=O)N(CCO)C2CC2)oc1C. The summed E-state index contributed by atoms with van der Waals surface area (Å²) in [4.78, 5) is 17.6. The minimum Gasteiger partial charge on any atom is -0.428 e. The first-order valence-electron chi connectivity index (χ1n) is 5.74. The molecule has 1 fully saturated rings. The summed E-state index contributed by atoms with van der Waals surface area (Å²) in [7, 11) is 0. The van der Waals surface area contributed by atoms with E-state index in [0.29, 0.717) is 12.3 Å². The normalized spacial score (nSPS) is 14.8. The fraction of sp³-hybridized carbons (Fsp3) is 0.636. The molecular formula is C11H17N3O3. The van der Waals surface area contributed by atoms with Crippen LogP contribution in [0.4, 0.5) is 10.8 Å². The number of aliphatic hydroxyl groups is 1. The quantitative estimate of drug-likeness (QED) is 0.829. The predicted molar refractivity (Wildman–Crippen MR) is 61.8 cm³/mol. The van der Waals surface area contributed by atoms with Gasteiger partial charge in [0, 0.05) is 12.6 Å². The highest BCUT2D eigenvalue weighted by atomic mass is 16.4. The van der Waals surface area contributed by atoms with E-state index in [9.17, 15) is 4.79 Å². The van der Waals surface area contributed by atoms with Crippen molar-refractivity contribution in [2.45, 2.75) is 32.7 Å². The van der Waals surface area contributed by atoms with Crippen LogP contribution < -0.4 is 5.32 Å². The van der Waals surface area contributed by atoms with Crippen molar-refractivity contribution in [2.75, 3.05) is 18.5 Å². The van der Waals surface area contributed by atoms with Crippen molar-refractivity contribution in [3.63, 3.8) is 0 Å². The third-order valence-electron chi connectivity index (χ3n) is 2.83. The zero-order chi connectivity index (χ0) is 12.4. The maximum absolute atomic E-state index is 11.9. The number of carbonyl (C=O) groups is 1. The van der Waals surface area contributed by atoms with Gasteiger partial charge in [-0.2, -0.15) is 4.98 Å². The first-order valence-corrected chi connectivity index (χ1v) is 5.74. The zero-order valence-corrected chi connectivity index (χ0v) is 10.1. The topological polar surface area (TPSA) is 78.6 Å². The van der Waals surface area contributed by atoms with Crippen LogP contribution in [-0.2, 0) is 0 Å². The number of hydrogen-bond donors (Lipinski definition) is 2. The van der Waals surface area contributed by atoms with Crippen molar-refractivity contribution >= 4 is 12.0 Å². The monoisotopic (exact) mass is 239 g/mol. The van der Waals surface area contributed by atoms with Crippen LogP contribution in [-0.4, -0.2) is 40.2 Å². The molecule has 2 N–H and O–H groups in total. The Hall–Kier alpha value is -1.56. The maximum Gasteiger partial charge on any atom is 0.325 e. The van der Waals surface area contributed by atoms with Gasteiger partial charge in [-0.15, -0.1) is 0 Å². The molecule has 1 aromatic heterocycles. The van der Waals surface area contributed by atoms with E-state index in [4.69, 9.17) is 9.52 Å². The van der Waals surface area contributed by atoms with Gasteiger partial charge in [0.25, 0.3) is 0 Å². The number of oxazole rings is 1. The second-order valence-corrected chi connectivity index (χ2v) is 4.24. The van der Waals surface area contributed by atoms with Gasteiger partial charge in [0.1, 0.15) is 5.76 Å². The smallest absolute Gasteiger partial charge is 0.325 e. The molecule has 0 saturated heterocycles. The molecule has 1 aliphatic carbocycles. The van der Waals surface area contributed by atoms with Crippen LogP contribution in [0.1, 0.15) is 24.3 Å². The lowest BCUT2D eigenvalue weighted by atomic mass is 10.4. The number of aryl methyl sites for hydroxylation is 2. The molecular weight excluding hydrogens is 222 g/mol. The Morgan fingerprint density at radius 2 is 2.29 bits per heavy atom. The van der Waals surface area contributed by atoms with Crippen LogP contribution in [0.15, 0.2) is 4.42 Å². The lowest BCUT2D eigenvalue weighted by Crippen LogP contribution is -2.38. The number of aromatic nitrogens is 1. The van der Waals surface area contributed by atoms with Crippen LogP contribution in [0.2, 0.25) is 0 Å². The molecule has 94 valence electrons. The highest BCUT2D eigenvalue weighted by Crippen LogP contribution is 2.27. The summed E-state index contributed by atoms with van der Waals surface area (Å²) in [6, 6.07) is 0.204. The molecule has 1 saturated carbocycles. The minimum atomic E-state index is -0.261. The number of amides is 2. The van der Waals surface area contributed by atoms with E-state index >= 15 is 0 Å². The molecule has 0 aliphatic heterocycles. The average Bonchev–Trinajstić information content (AvgIpc) is 3.04. The van der Waals surface area contributed by atoms with E-state index in [0.717, 1.165) is 18.5 Å². The van der Waals surface area contributed by atoms with Gasteiger partial charge in [0.15, 0.2) is 0 Å². The lowest BCUT2D eigenvalue weighted by Gasteiger charge is -2.20. The number of rotatable bonds is 4. The van der Waals surface area contributed by atoms with Crippen LogP contribution in [0, 0.1) is 13.8 Å². The second kappa shape index (κ2) is 4.75. The summed E-state index contributed by atoms with van der Waals surface area (Å²) in [6.45, 7) is 3.92. The van der Waals surface area contributed by atoms with E-state index in [1.54, 1.807) is 11.8 Å². The third-order valence-corrected chi connectivity index (χ3v) is 2.83. The highest BCUT2D eigenvalue weighted by Gasteiger charge is 2.32. The van der Waals surface area contributed by atoms with Gasteiger partial charge in [-0.25, -0.2) is 4.79 Å². The summed E-state index contributed by atoms with van der Waals surface area (Å²) in [5, 5.41) is 11.5. The number of anilines is 1. The van der Waals surface area contributed by atoms with Gasteiger partial charge in [-0.05, 0) is 26.7 Å². The van der Waals surface area contributed by atoms with E-state index in [-0.39, 0.29) is 24.7 Å². The second-order valence-electron chi connectivity index (χ2n) is 4.24. The molecule has 0 bridgehead atoms. The fourth-order valence-corrected chi connectivity index (χ4v) is 1.63. The van der Waals surface area contributed by atoms with Crippen LogP contribution in [0.25, 0.3) is 0 Å². The largest absolute Gasteiger partial charge is 0.428 e. The molecule has 2 rings (SSSR count). The molecule has 1 aliphatic rings. The third kappa shape index (κ3) is 2.76. The fourth-order valence-electron chi connectivity index (χ4n) is 1.63. The summed E-state index contributed by atoms with van der Waals surface area (Å²) in [5.41, 5.74) is 0.764. The van der Waals surface area contributed by atoms with Gasteiger partial charge >= 0.3 is 12.0 Å². The number of nitrogens with one attached hydrogen (secondary N) is 1. The zero-order valence-electron chi connectivity index (χ0n) is 10.1. The van der Waals surface area contributed by atoms with Gasteiger partial charge in [0.05, 0.1) is 12.3 Å². The Labute approximate surface area is 99.6 Å². The van der Waals surface area contributed by atoms with E-state index in [2.05, 4.69) is 10.3 Å². The summed E-state index contributed by atoms with van der Waals surface area (Å²) in [5.74, 6) is 0.695. The number of urea groups is 1. The molecule has 1 aromatic rings. The summed E-state index contributed by atoms with van der Waals surface area (Å²) in [6.07, 6.45) is 1.99. The van der Waals surface area contributed by atoms with E-state index < -0.39 is 0 Å². The highest BCUT2D eigenvalue weighted by molar-refractivity contribution is 5.87. The standard InChI is InChI=1S/C11H17N3O3/c1-7-8(2)17-10(12-7)13-11(16)14(5-6-15)9-3-4-9/h9,15H,3-6H2,1-2H3,(H,12,13,16). The predicted octanol–water partition coefficient (Wildman–Crippen LogP) is 1.28. The lowest BCUT2D eigenvalue weighted by molar-refractivity contribution is 0.184. The molecule has 0 radical (unpaired) electrons. The van der Waals surface area contributed by atoms with Gasteiger partial charge in [0.2, 0.25) is 0 Å². The molecule has 0 atom stereocenters. The Kier molecular flexibility index (Phi) is 3.33. The Bertz CT molecular complexity index is 393. The van der Waals surface area contributed by atoms with Crippen LogP contribution >= 0.6 is 0 Å². The van der Waals surface area contributed by atoms with Crippen LogP contribution in [0.5, 0.6) is 0 Å². The van der Waals surface area contributed by atoms with E-state index in [1.165, 1.54) is 0 Å². The molecule has 6 nitrogen and oxygen atoms in total. The number of hydrogen-bond acceptors (Lipinski definition) is 4. The number of aliphatic hydroxyl groups excluding tert-OH is 1. The number of nitrogens with zero attached hydrogens (tertiary/aromatic N) is 2. The van der Waals surface area contributed by atoms with Crippen molar-refractivity contribution in [1.29, 1.82) is 0 Å². The van der Waals surface area contributed by atoms with Crippen molar-refractivity contribution < 1.29 is 14.3 Å². The van der Waals surface area contributed by atoms with Crippen molar-refractivity contribution in [1.82, 2.24) is 9.88 Å². The first kappa shape index (κ1) is 11.9. The summed E-state index contributed by atoms with van der Waals surface area (Å²) >= 11 is 0. The van der Waals surface area contributed by atoms with Gasteiger partial charge < -0.3 is 14.4 Å². The van der Waals surface area contributed by atoms with Gasteiger partial charge in [-0.1, -0.05) is 0 Å². The molecule has 2 amide bonds. The molecule has 0 unspecified atom stereocenters.